The fourth-order valence-electron chi connectivity index (χ4n) is 1.11. The second kappa shape index (κ2) is 5.28. The zero-order valence-corrected chi connectivity index (χ0v) is 8.47. The molecule has 0 aliphatic rings. The van der Waals surface area contributed by atoms with Gasteiger partial charge in [-0.15, -0.1) is 0 Å². The maximum Gasteiger partial charge on any atom is 0.253 e. The highest BCUT2D eigenvalue weighted by Crippen LogP contribution is 2.07. The summed E-state index contributed by atoms with van der Waals surface area (Å²) in [4.78, 5) is 17.0. The quantitative estimate of drug-likeness (QED) is 0.457. The Morgan fingerprint density at radius 1 is 1.73 bits per heavy atom. The van der Waals surface area contributed by atoms with E-state index in [1.165, 1.54) is 11.1 Å². The summed E-state index contributed by atoms with van der Waals surface area (Å²) in [5.74, 6) is 5.43. The normalized spacial score (nSPS) is 9.80. The Kier molecular flexibility index (Phi) is 4.02. The maximum absolute atomic E-state index is 11.7. The Balaban J connectivity index is 2.81. The van der Waals surface area contributed by atoms with E-state index in [0.717, 1.165) is 0 Å². The van der Waals surface area contributed by atoms with Crippen LogP contribution in [-0.2, 0) is 0 Å². The van der Waals surface area contributed by atoms with Crippen molar-refractivity contribution < 1.29 is 9.90 Å². The first-order valence-electron chi connectivity index (χ1n) is 4.48. The summed E-state index contributed by atoms with van der Waals surface area (Å²) in [6.45, 7) is 0.238. The summed E-state index contributed by atoms with van der Waals surface area (Å²) >= 11 is 0. The number of hydrogen-bond acceptors (Lipinski definition) is 5. The number of nitrogens with one attached hydrogen (secondary N) is 1. The standard InChI is InChI=1S/C9H14N4O2/c1-13(4-5-14)9(15)7-2-3-11-8(6-7)12-10/h2-3,6,14H,4-5,10H2,1H3,(H,11,12). The molecule has 0 saturated heterocycles. The van der Waals surface area contributed by atoms with E-state index in [4.69, 9.17) is 10.9 Å². The van der Waals surface area contributed by atoms with Crippen LogP contribution in [0.15, 0.2) is 18.3 Å². The third-order valence-electron chi connectivity index (χ3n) is 1.94. The van der Waals surface area contributed by atoms with Crippen LogP contribution in [0, 0.1) is 0 Å². The van der Waals surface area contributed by atoms with Gasteiger partial charge in [0.25, 0.3) is 5.91 Å². The minimum Gasteiger partial charge on any atom is -0.395 e. The molecule has 4 N–H and O–H groups in total. The van der Waals surface area contributed by atoms with Gasteiger partial charge in [-0.1, -0.05) is 0 Å². The monoisotopic (exact) mass is 210 g/mol. The highest BCUT2D eigenvalue weighted by Gasteiger charge is 2.11. The van der Waals surface area contributed by atoms with Gasteiger partial charge in [0, 0.05) is 25.4 Å². The van der Waals surface area contributed by atoms with E-state index in [1.54, 1.807) is 19.2 Å². The molecule has 0 saturated carbocycles. The number of anilines is 1. The highest BCUT2D eigenvalue weighted by atomic mass is 16.3. The minimum absolute atomic E-state index is 0.0602. The number of hydrogen-bond donors (Lipinski definition) is 3. The van der Waals surface area contributed by atoms with Gasteiger partial charge >= 0.3 is 0 Å². The summed E-state index contributed by atoms with van der Waals surface area (Å²) < 4.78 is 0. The number of aliphatic hydroxyl groups is 1. The number of pyridine rings is 1. The summed E-state index contributed by atoms with van der Waals surface area (Å²) in [5.41, 5.74) is 2.84. The van der Waals surface area contributed by atoms with Crippen LogP contribution < -0.4 is 11.3 Å². The topological polar surface area (TPSA) is 91.5 Å². The lowest BCUT2D eigenvalue weighted by molar-refractivity contribution is 0.0767. The van der Waals surface area contributed by atoms with E-state index >= 15 is 0 Å². The van der Waals surface area contributed by atoms with E-state index in [-0.39, 0.29) is 12.5 Å². The average molecular weight is 210 g/mol. The third kappa shape index (κ3) is 2.90. The first kappa shape index (κ1) is 11.4. The maximum atomic E-state index is 11.7. The van der Waals surface area contributed by atoms with Crippen molar-refractivity contribution >= 4 is 11.7 Å². The first-order valence-corrected chi connectivity index (χ1v) is 4.48. The summed E-state index contributed by atoms with van der Waals surface area (Å²) in [7, 11) is 1.62. The second-order valence-electron chi connectivity index (χ2n) is 3.02. The van der Waals surface area contributed by atoms with Gasteiger partial charge in [0.15, 0.2) is 0 Å². The van der Waals surface area contributed by atoms with Crippen LogP contribution in [0.2, 0.25) is 0 Å². The van der Waals surface area contributed by atoms with Gasteiger partial charge in [-0.05, 0) is 12.1 Å². The summed E-state index contributed by atoms with van der Waals surface area (Å²) in [5, 5.41) is 8.69. The second-order valence-corrected chi connectivity index (χ2v) is 3.02. The Hall–Kier alpha value is -1.66. The zero-order chi connectivity index (χ0) is 11.3. The number of likely N-dealkylation sites (N-methyl/N-ethyl adjacent to an activating group) is 1. The molecular formula is C9H14N4O2. The third-order valence-corrected chi connectivity index (χ3v) is 1.94. The SMILES string of the molecule is CN(CCO)C(=O)c1ccnc(NN)c1. The molecule has 0 bridgehead atoms. The highest BCUT2D eigenvalue weighted by molar-refractivity contribution is 5.94. The van der Waals surface area contributed by atoms with Crippen LogP contribution in [0.3, 0.4) is 0 Å². The molecule has 1 heterocycles. The van der Waals surface area contributed by atoms with Gasteiger partial charge in [-0.3, -0.25) is 4.79 Å². The van der Waals surface area contributed by atoms with E-state index in [1.807, 2.05) is 0 Å². The Bertz CT molecular complexity index is 343. The molecule has 0 radical (unpaired) electrons. The molecule has 6 heteroatoms. The lowest BCUT2D eigenvalue weighted by atomic mass is 10.2. The number of nitrogens with two attached hydrogens (primary N) is 1. The molecule has 15 heavy (non-hydrogen) atoms. The van der Waals surface area contributed by atoms with Crippen LogP contribution in [0.1, 0.15) is 10.4 Å². The fraction of sp³-hybridized carbons (Fsp3) is 0.333. The lowest BCUT2D eigenvalue weighted by Crippen LogP contribution is -2.29. The van der Waals surface area contributed by atoms with Gasteiger partial charge in [-0.25, -0.2) is 10.8 Å². The first-order chi connectivity index (χ1) is 7.19. The lowest BCUT2D eigenvalue weighted by Gasteiger charge is -2.15. The molecule has 0 fully saturated rings. The Labute approximate surface area is 87.7 Å². The average Bonchev–Trinajstić information content (AvgIpc) is 2.28. The van der Waals surface area contributed by atoms with E-state index in [2.05, 4.69) is 10.4 Å². The van der Waals surface area contributed by atoms with Crippen LogP contribution in [0.25, 0.3) is 0 Å². The molecule has 1 aromatic rings. The van der Waals surface area contributed by atoms with Gasteiger partial charge < -0.3 is 15.4 Å². The molecule has 0 atom stereocenters. The molecule has 1 aromatic heterocycles. The molecule has 0 aliphatic carbocycles. The minimum atomic E-state index is -0.178. The number of nitrogen functional groups attached to an aromatic ring is 1. The summed E-state index contributed by atoms with van der Waals surface area (Å²) in [6.07, 6.45) is 1.50. The predicted octanol–water partition coefficient (Wildman–Crippen LogP) is -0.569. The van der Waals surface area contributed by atoms with Crippen molar-refractivity contribution in [3.05, 3.63) is 23.9 Å². The number of amides is 1. The molecule has 0 spiro atoms. The molecular weight excluding hydrogens is 196 g/mol. The molecule has 0 aromatic carbocycles. The van der Waals surface area contributed by atoms with Crippen LogP contribution >= 0.6 is 0 Å². The van der Waals surface area contributed by atoms with Crippen molar-refractivity contribution in [2.75, 3.05) is 25.6 Å². The number of aliphatic hydroxyl groups excluding tert-OH is 1. The molecule has 6 nitrogen and oxygen atoms in total. The zero-order valence-electron chi connectivity index (χ0n) is 8.47. The number of rotatable bonds is 4. The fourth-order valence-corrected chi connectivity index (χ4v) is 1.11. The van der Waals surface area contributed by atoms with Gasteiger partial charge in [0.2, 0.25) is 0 Å². The number of nitrogens with zero attached hydrogens (tertiary/aromatic N) is 2. The van der Waals surface area contributed by atoms with Gasteiger partial charge in [0.05, 0.1) is 6.61 Å². The van der Waals surface area contributed by atoms with Crippen molar-refractivity contribution in [2.24, 2.45) is 5.84 Å². The number of carbonyl (C=O) groups is 1. The van der Waals surface area contributed by atoms with Crippen molar-refractivity contribution in [3.63, 3.8) is 0 Å². The van der Waals surface area contributed by atoms with Crippen molar-refractivity contribution in [3.8, 4) is 0 Å². The Morgan fingerprint density at radius 2 is 2.47 bits per heavy atom. The van der Waals surface area contributed by atoms with Gasteiger partial charge in [-0.2, -0.15) is 0 Å². The molecule has 1 rings (SSSR count). The van der Waals surface area contributed by atoms with Gasteiger partial charge in [0.1, 0.15) is 5.82 Å². The smallest absolute Gasteiger partial charge is 0.253 e. The largest absolute Gasteiger partial charge is 0.395 e. The van der Waals surface area contributed by atoms with E-state index < -0.39 is 0 Å². The van der Waals surface area contributed by atoms with Crippen LogP contribution in [0.5, 0.6) is 0 Å². The number of carbonyl (C=O) groups excluding carboxylic acids is 1. The van der Waals surface area contributed by atoms with Crippen LogP contribution in [0.4, 0.5) is 5.82 Å². The van der Waals surface area contributed by atoms with E-state index in [9.17, 15) is 4.79 Å². The molecule has 1 amide bonds. The Morgan fingerprint density at radius 3 is 3.07 bits per heavy atom. The molecule has 0 unspecified atom stereocenters. The predicted molar refractivity (Wildman–Crippen MR) is 56.1 cm³/mol. The summed E-state index contributed by atoms with van der Waals surface area (Å²) in [6, 6.07) is 3.15. The van der Waals surface area contributed by atoms with Crippen molar-refractivity contribution in [1.82, 2.24) is 9.88 Å². The van der Waals surface area contributed by atoms with Crippen molar-refractivity contribution in [1.29, 1.82) is 0 Å². The number of hydrazine groups is 1. The van der Waals surface area contributed by atoms with E-state index in [0.29, 0.717) is 17.9 Å². The van der Waals surface area contributed by atoms with Crippen molar-refractivity contribution in [2.45, 2.75) is 0 Å². The molecule has 0 aliphatic heterocycles. The molecule has 82 valence electrons. The van der Waals surface area contributed by atoms with Crippen LogP contribution in [-0.4, -0.2) is 41.1 Å². The number of aromatic nitrogens is 1.